The van der Waals surface area contributed by atoms with Crippen molar-refractivity contribution in [1.82, 2.24) is 4.98 Å². The second-order valence-corrected chi connectivity index (χ2v) is 4.92. The van der Waals surface area contributed by atoms with Gasteiger partial charge in [0.05, 0.1) is 11.5 Å². The van der Waals surface area contributed by atoms with Crippen LogP contribution in [-0.2, 0) is 0 Å². The second kappa shape index (κ2) is 6.00. The zero-order valence-corrected chi connectivity index (χ0v) is 10.7. The van der Waals surface area contributed by atoms with E-state index in [-0.39, 0.29) is 16.7 Å². The van der Waals surface area contributed by atoms with Crippen molar-refractivity contribution in [3.63, 3.8) is 0 Å². The summed E-state index contributed by atoms with van der Waals surface area (Å²) in [6.45, 7) is 0.480. The summed E-state index contributed by atoms with van der Waals surface area (Å²) in [5.41, 5.74) is -0.129. The molecule has 6 heteroatoms. The number of hydrogen-bond donors (Lipinski definition) is 0. The molecule has 1 saturated carbocycles. The Morgan fingerprint density at radius 1 is 1.39 bits per heavy atom. The molecule has 0 aliphatic heterocycles. The molecule has 0 saturated heterocycles. The number of ether oxygens (including phenoxy) is 1. The molecule has 0 unspecified atom stereocenters. The van der Waals surface area contributed by atoms with E-state index < -0.39 is 4.92 Å². The van der Waals surface area contributed by atoms with Crippen molar-refractivity contribution in [2.24, 2.45) is 5.92 Å². The number of nitro groups is 1. The van der Waals surface area contributed by atoms with Gasteiger partial charge in [0, 0.05) is 6.07 Å². The molecule has 0 radical (unpaired) electrons. The fourth-order valence-corrected chi connectivity index (χ4v) is 2.35. The van der Waals surface area contributed by atoms with Gasteiger partial charge in [-0.2, -0.15) is 4.98 Å². The van der Waals surface area contributed by atoms with Crippen LogP contribution in [0.15, 0.2) is 12.1 Å². The zero-order chi connectivity index (χ0) is 13.0. The minimum Gasteiger partial charge on any atom is -0.472 e. The van der Waals surface area contributed by atoms with Crippen LogP contribution in [0.1, 0.15) is 32.1 Å². The number of nitrogens with zero attached hydrogens (tertiary/aromatic N) is 2. The Kier molecular flexibility index (Phi) is 4.36. The average Bonchev–Trinajstić information content (AvgIpc) is 2.37. The highest BCUT2D eigenvalue weighted by Crippen LogP contribution is 2.29. The summed E-state index contributed by atoms with van der Waals surface area (Å²) in [5, 5.41) is 11.0. The van der Waals surface area contributed by atoms with Gasteiger partial charge < -0.3 is 4.74 Å². The summed E-state index contributed by atoms with van der Waals surface area (Å²) in [6, 6.07) is 2.72. The van der Waals surface area contributed by atoms with Crippen LogP contribution in [0.25, 0.3) is 0 Å². The van der Waals surface area contributed by atoms with Gasteiger partial charge in [0.25, 0.3) is 5.88 Å². The highest BCUT2D eigenvalue weighted by molar-refractivity contribution is 6.29. The number of hydrogen-bond acceptors (Lipinski definition) is 4. The first-order valence-electron chi connectivity index (χ1n) is 6.10. The first-order valence-corrected chi connectivity index (χ1v) is 6.48. The quantitative estimate of drug-likeness (QED) is 0.476. The lowest BCUT2D eigenvalue weighted by Crippen LogP contribution is -2.16. The van der Waals surface area contributed by atoms with Crippen molar-refractivity contribution in [2.75, 3.05) is 6.61 Å². The SMILES string of the molecule is O=[N+]([O-])c1ccc(Cl)nc1OCC1CCCCC1. The maximum atomic E-state index is 10.8. The fourth-order valence-electron chi connectivity index (χ4n) is 2.21. The summed E-state index contributed by atoms with van der Waals surface area (Å²) in [5.74, 6) is 0.497. The molecular weight excluding hydrogens is 256 g/mol. The van der Waals surface area contributed by atoms with Crippen molar-refractivity contribution < 1.29 is 9.66 Å². The topological polar surface area (TPSA) is 65.3 Å². The predicted molar refractivity (Wildman–Crippen MR) is 68.0 cm³/mol. The number of aromatic nitrogens is 1. The predicted octanol–water partition coefficient (Wildman–Crippen LogP) is 3.60. The number of pyridine rings is 1. The average molecular weight is 271 g/mol. The van der Waals surface area contributed by atoms with Crippen molar-refractivity contribution in [1.29, 1.82) is 0 Å². The van der Waals surface area contributed by atoms with Gasteiger partial charge in [0.15, 0.2) is 0 Å². The molecule has 1 aliphatic rings. The summed E-state index contributed by atoms with van der Waals surface area (Å²) in [6.07, 6.45) is 5.92. The van der Waals surface area contributed by atoms with Crippen LogP contribution in [0.5, 0.6) is 5.88 Å². The molecule has 5 nitrogen and oxygen atoms in total. The molecule has 0 atom stereocenters. The van der Waals surface area contributed by atoms with Gasteiger partial charge in [-0.25, -0.2) is 0 Å². The summed E-state index contributed by atoms with van der Waals surface area (Å²) < 4.78 is 5.48. The highest BCUT2D eigenvalue weighted by Gasteiger charge is 2.20. The third-order valence-corrected chi connectivity index (χ3v) is 3.39. The van der Waals surface area contributed by atoms with Crippen LogP contribution in [0.2, 0.25) is 5.15 Å². The van der Waals surface area contributed by atoms with E-state index in [0.717, 1.165) is 12.8 Å². The van der Waals surface area contributed by atoms with E-state index in [1.807, 2.05) is 0 Å². The van der Waals surface area contributed by atoms with E-state index in [1.165, 1.54) is 31.4 Å². The molecule has 1 aromatic rings. The van der Waals surface area contributed by atoms with Crippen LogP contribution >= 0.6 is 11.6 Å². The Morgan fingerprint density at radius 3 is 2.78 bits per heavy atom. The Balaban J connectivity index is 2.03. The first kappa shape index (κ1) is 13.1. The molecule has 1 aliphatic carbocycles. The van der Waals surface area contributed by atoms with E-state index in [0.29, 0.717) is 12.5 Å². The van der Waals surface area contributed by atoms with Gasteiger partial charge in [-0.3, -0.25) is 10.1 Å². The van der Waals surface area contributed by atoms with Crippen LogP contribution in [0.4, 0.5) is 5.69 Å². The lowest BCUT2D eigenvalue weighted by atomic mass is 9.90. The zero-order valence-electron chi connectivity index (χ0n) is 9.97. The Morgan fingerprint density at radius 2 is 2.11 bits per heavy atom. The van der Waals surface area contributed by atoms with Crippen molar-refractivity contribution in [2.45, 2.75) is 32.1 Å². The fraction of sp³-hybridized carbons (Fsp3) is 0.583. The number of rotatable bonds is 4. The molecule has 0 bridgehead atoms. The summed E-state index contributed by atoms with van der Waals surface area (Å²) >= 11 is 5.73. The van der Waals surface area contributed by atoms with Crippen LogP contribution < -0.4 is 4.74 Å². The molecule has 0 N–H and O–H groups in total. The third kappa shape index (κ3) is 3.32. The van der Waals surface area contributed by atoms with Gasteiger partial charge in [-0.05, 0) is 24.8 Å². The maximum Gasteiger partial charge on any atom is 0.331 e. The van der Waals surface area contributed by atoms with Gasteiger partial charge in [0.2, 0.25) is 0 Å². The molecule has 0 spiro atoms. The van der Waals surface area contributed by atoms with E-state index in [1.54, 1.807) is 0 Å². The minimum atomic E-state index is -0.500. The van der Waals surface area contributed by atoms with Gasteiger partial charge in [0.1, 0.15) is 5.15 Å². The molecule has 18 heavy (non-hydrogen) atoms. The molecular formula is C12H15ClN2O3. The van der Waals surface area contributed by atoms with Gasteiger partial charge in [-0.15, -0.1) is 0 Å². The lowest BCUT2D eigenvalue weighted by molar-refractivity contribution is -0.386. The largest absolute Gasteiger partial charge is 0.472 e. The first-order chi connectivity index (χ1) is 8.66. The molecule has 1 aromatic heterocycles. The Labute approximate surface area is 110 Å². The molecule has 98 valence electrons. The van der Waals surface area contributed by atoms with Crippen molar-refractivity contribution in [3.8, 4) is 5.88 Å². The molecule has 2 rings (SSSR count). The van der Waals surface area contributed by atoms with Gasteiger partial charge >= 0.3 is 5.69 Å². The van der Waals surface area contributed by atoms with Gasteiger partial charge in [-0.1, -0.05) is 30.9 Å². The third-order valence-electron chi connectivity index (χ3n) is 3.18. The molecule has 1 heterocycles. The lowest BCUT2D eigenvalue weighted by Gasteiger charge is -2.21. The molecule has 1 fully saturated rings. The molecule has 0 amide bonds. The van der Waals surface area contributed by atoms with Crippen molar-refractivity contribution >= 4 is 17.3 Å². The van der Waals surface area contributed by atoms with Crippen LogP contribution in [-0.4, -0.2) is 16.5 Å². The maximum absolute atomic E-state index is 10.8. The number of halogens is 1. The van der Waals surface area contributed by atoms with E-state index in [4.69, 9.17) is 16.3 Å². The normalized spacial score (nSPS) is 16.5. The van der Waals surface area contributed by atoms with E-state index >= 15 is 0 Å². The van der Waals surface area contributed by atoms with E-state index in [2.05, 4.69) is 4.98 Å². The summed E-state index contributed by atoms with van der Waals surface area (Å²) in [7, 11) is 0. The highest BCUT2D eigenvalue weighted by atomic mass is 35.5. The standard InChI is InChI=1S/C12H15ClN2O3/c13-11-7-6-10(15(16)17)12(14-11)18-8-9-4-2-1-3-5-9/h6-7,9H,1-5,8H2. The second-order valence-electron chi connectivity index (χ2n) is 4.53. The summed E-state index contributed by atoms with van der Waals surface area (Å²) in [4.78, 5) is 14.2. The Bertz CT molecular complexity index is 433. The van der Waals surface area contributed by atoms with Crippen molar-refractivity contribution in [3.05, 3.63) is 27.4 Å². The monoisotopic (exact) mass is 270 g/mol. The smallest absolute Gasteiger partial charge is 0.331 e. The van der Waals surface area contributed by atoms with E-state index in [9.17, 15) is 10.1 Å². The van der Waals surface area contributed by atoms with Crippen LogP contribution in [0, 0.1) is 16.0 Å². The Hall–Kier alpha value is -1.36. The minimum absolute atomic E-state index is 0.0260. The van der Waals surface area contributed by atoms with Crippen LogP contribution in [0.3, 0.4) is 0 Å². The molecule has 0 aromatic carbocycles.